The largest absolute Gasteiger partial charge is 0.324 e. The van der Waals surface area contributed by atoms with Crippen molar-refractivity contribution in [2.24, 2.45) is 11.8 Å². The van der Waals surface area contributed by atoms with Gasteiger partial charge in [-0.05, 0) is 31.5 Å². The van der Waals surface area contributed by atoms with Crippen molar-refractivity contribution in [3.05, 3.63) is 23.2 Å². The van der Waals surface area contributed by atoms with E-state index >= 15 is 0 Å². The van der Waals surface area contributed by atoms with E-state index in [-0.39, 0.29) is 21.9 Å². The Morgan fingerprint density at radius 1 is 1.27 bits per heavy atom. The summed E-state index contributed by atoms with van der Waals surface area (Å²) in [5.41, 5.74) is 0.434. The molecule has 8 heteroatoms. The summed E-state index contributed by atoms with van der Waals surface area (Å²) in [7, 11) is -0.785. The number of nitrogens with zero attached hydrogens (tertiary/aromatic N) is 1. The van der Waals surface area contributed by atoms with Crippen LogP contribution in [0.15, 0.2) is 23.1 Å². The maximum absolute atomic E-state index is 12.7. The van der Waals surface area contributed by atoms with Gasteiger partial charge in [0.1, 0.15) is 4.90 Å². The number of piperidine rings is 1. The fourth-order valence-electron chi connectivity index (χ4n) is 3.60. The molecule has 3 atom stereocenters. The number of nitrogens with one attached hydrogen (secondary N) is 2. The Balaban J connectivity index is 2.16. The quantitative estimate of drug-likeness (QED) is 0.783. The fourth-order valence-corrected chi connectivity index (χ4v) is 4.99. The third-order valence-corrected chi connectivity index (χ3v) is 7.29. The van der Waals surface area contributed by atoms with Crippen molar-refractivity contribution < 1.29 is 18.1 Å². The number of rotatable bonds is 5. The van der Waals surface area contributed by atoms with Crippen LogP contribution in [0.3, 0.4) is 0 Å². The van der Waals surface area contributed by atoms with Gasteiger partial charge in [0.15, 0.2) is 6.04 Å². The normalized spacial score (nSPS) is 25.1. The highest BCUT2D eigenvalue weighted by molar-refractivity contribution is 7.89. The zero-order chi connectivity index (χ0) is 19.6. The zero-order valence-corrected chi connectivity index (χ0v) is 17.6. The number of benzene rings is 1. The maximum atomic E-state index is 12.7. The summed E-state index contributed by atoms with van der Waals surface area (Å²) in [5, 5.41) is 2.98. The third kappa shape index (κ3) is 4.76. The molecule has 0 radical (unpaired) electrons. The predicted molar refractivity (Wildman–Crippen MR) is 104 cm³/mol. The summed E-state index contributed by atoms with van der Waals surface area (Å²) in [5.74, 6) is 1.07. The molecular weight excluding hydrogens is 374 g/mol. The van der Waals surface area contributed by atoms with Gasteiger partial charge in [-0.3, -0.25) is 4.79 Å². The molecule has 0 spiro atoms. The molecule has 1 heterocycles. The van der Waals surface area contributed by atoms with E-state index in [1.54, 1.807) is 6.07 Å². The Kier molecular flexibility index (Phi) is 6.71. The Bertz CT molecular complexity index is 757. The zero-order valence-electron chi connectivity index (χ0n) is 16.0. The molecule has 2 rings (SSSR count). The maximum Gasteiger partial charge on any atom is 0.282 e. The summed E-state index contributed by atoms with van der Waals surface area (Å²) in [6.07, 6.45) is 1.20. The van der Waals surface area contributed by atoms with Crippen molar-refractivity contribution >= 4 is 33.2 Å². The van der Waals surface area contributed by atoms with Crippen LogP contribution in [-0.4, -0.2) is 51.9 Å². The molecule has 2 N–H and O–H groups in total. The third-order valence-electron chi connectivity index (χ3n) is 4.99. The second kappa shape index (κ2) is 8.25. The molecule has 0 aliphatic carbocycles. The van der Waals surface area contributed by atoms with E-state index < -0.39 is 10.0 Å². The number of carbonyl (C=O) groups excluding carboxylic acids is 1. The number of amides is 1. The molecule has 1 amide bonds. The SMILES string of the molecule is C[C@H]1C[C@H](C)C[NH+]([C@@H](C)C(=O)Nc2ccc(Cl)c(S(=O)(=O)N(C)C)c2)C1. The first-order chi connectivity index (χ1) is 12.0. The van der Waals surface area contributed by atoms with E-state index in [9.17, 15) is 13.2 Å². The lowest BCUT2D eigenvalue weighted by atomic mass is 9.91. The van der Waals surface area contributed by atoms with Gasteiger partial charge in [0.25, 0.3) is 5.91 Å². The first kappa shape index (κ1) is 21.2. The summed E-state index contributed by atoms with van der Waals surface area (Å²) in [4.78, 5) is 13.9. The van der Waals surface area contributed by atoms with Gasteiger partial charge in [-0.2, -0.15) is 0 Å². The first-order valence-electron chi connectivity index (χ1n) is 8.90. The fraction of sp³-hybridized carbons (Fsp3) is 0.611. The summed E-state index contributed by atoms with van der Waals surface area (Å²) >= 11 is 6.06. The number of hydrogen-bond acceptors (Lipinski definition) is 3. The first-order valence-corrected chi connectivity index (χ1v) is 10.7. The van der Waals surface area contributed by atoms with Crippen molar-refractivity contribution in [1.29, 1.82) is 0 Å². The number of hydrogen-bond donors (Lipinski definition) is 2. The standard InChI is InChI=1S/C18H28ClN3O3S/c1-12-8-13(2)11-22(10-12)14(3)18(23)20-15-6-7-16(19)17(9-15)26(24,25)21(4)5/h6-7,9,12-14H,8,10-11H2,1-5H3,(H,20,23)/p+1/t12-,13-,14-/m0/s1. The summed E-state index contributed by atoms with van der Waals surface area (Å²) in [6.45, 7) is 8.30. The number of likely N-dealkylation sites (tertiary alicyclic amines) is 1. The van der Waals surface area contributed by atoms with Crippen LogP contribution >= 0.6 is 11.6 Å². The van der Waals surface area contributed by atoms with Crippen molar-refractivity contribution in [2.75, 3.05) is 32.5 Å². The van der Waals surface area contributed by atoms with Crippen molar-refractivity contribution in [2.45, 2.75) is 38.1 Å². The Hall–Kier alpha value is -1.15. The lowest BCUT2D eigenvalue weighted by molar-refractivity contribution is -0.925. The van der Waals surface area contributed by atoms with E-state index in [0.717, 1.165) is 17.4 Å². The second-order valence-corrected chi connectivity index (χ2v) is 10.2. The molecule has 26 heavy (non-hydrogen) atoms. The minimum atomic E-state index is -3.68. The topological polar surface area (TPSA) is 70.9 Å². The molecule has 146 valence electrons. The molecule has 1 aliphatic rings. The van der Waals surface area contributed by atoms with Crippen LogP contribution in [0, 0.1) is 11.8 Å². The van der Waals surface area contributed by atoms with Crippen LogP contribution in [0.5, 0.6) is 0 Å². The lowest BCUT2D eigenvalue weighted by Gasteiger charge is -2.35. The van der Waals surface area contributed by atoms with Crippen LogP contribution < -0.4 is 10.2 Å². The summed E-state index contributed by atoms with van der Waals surface area (Å²) in [6, 6.07) is 4.33. The highest BCUT2D eigenvalue weighted by Gasteiger charge is 2.32. The smallest absolute Gasteiger partial charge is 0.282 e. The molecule has 1 saturated heterocycles. The van der Waals surface area contributed by atoms with Crippen LogP contribution in [0.4, 0.5) is 5.69 Å². The molecule has 6 nitrogen and oxygen atoms in total. The highest BCUT2D eigenvalue weighted by atomic mass is 35.5. The van der Waals surface area contributed by atoms with Crippen molar-refractivity contribution in [1.82, 2.24) is 4.31 Å². The van der Waals surface area contributed by atoms with Crippen molar-refractivity contribution in [3.8, 4) is 0 Å². The minimum absolute atomic E-state index is 0.0119. The van der Waals surface area contributed by atoms with Crippen LogP contribution in [-0.2, 0) is 14.8 Å². The van der Waals surface area contributed by atoms with Crippen LogP contribution in [0.25, 0.3) is 0 Å². The van der Waals surface area contributed by atoms with Gasteiger partial charge in [0.05, 0.1) is 18.1 Å². The van der Waals surface area contributed by atoms with E-state index in [2.05, 4.69) is 19.2 Å². The number of anilines is 1. The molecule has 0 bridgehead atoms. The molecular formula is C18H29ClN3O3S+. The number of sulfonamides is 1. The number of halogens is 1. The second-order valence-electron chi connectivity index (χ2n) is 7.66. The van der Waals surface area contributed by atoms with E-state index in [1.165, 1.54) is 37.5 Å². The highest BCUT2D eigenvalue weighted by Crippen LogP contribution is 2.26. The summed E-state index contributed by atoms with van der Waals surface area (Å²) < 4.78 is 25.8. The van der Waals surface area contributed by atoms with E-state index in [1.807, 2.05) is 6.92 Å². The molecule has 1 aromatic carbocycles. The van der Waals surface area contributed by atoms with Gasteiger partial charge in [-0.1, -0.05) is 25.4 Å². The van der Waals surface area contributed by atoms with Crippen LogP contribution in [0.2, 0.25) is 5.02 Å². The number of quaternary nitrogens is 1. The molecule has 0 saturated carbocycles. The van der Waals surface area contributed by atoms with Gasteiger partial charge in [-0.15, -0.1) is 0 Å². The average molecular weight is 403 g/mol. The van der Waals surface area contributed by atoms with E-state index in [4.69, 9.17) is 11.6 Å². The molecule has 0 aromatic heterocycles. The predicted octanol–water partition coefficient (Wildman–Crippen LogP) is 1.48. The molecule has 1 fully saturated rings. The molecule has 0 unspecified atom stereocenters. The van der Waals surface area contributed by atoms with Gasteiger partial charge in [0, 0.05) is 31.6 Å². The Morgan fingerprint density at radius 3 is 2.38 bits per heavy atom. The lowest BCUT2D eigenvalue weighted by Crippen LogP contribution is -3.18. The number of carbonyl (C=O) groups is 1. The minimum Gasteiger partial charge on any atom is -0.324 e. The Labute approximate surface area is 161 Å². The monoisotopic (exact) mass is 402 g/mol. The van der Waals surface area contributed by atoms with Gasteiger partial charge in [0.2, 0.25) is 10.0 Å². The van der Waals surface area contributed by atoms with Gasteiger partial charge < -0.3 is 10.2 Å². The molecule has 1 aliphatic heterocycles. The Morgan fingerprint density at radius 2 is 1.85 bits per heavy atom. The van der Waals surface area contributed by atoms with Crippen LogP contribution in [0.1, 0.15) is 27.2 Å². The average Bonchev–Trinajstić information content (AvgIpc) is 2.54. The molecule has 1 aromatic rings. The van der Waals surface area contributed by atoms with Gasteiger partial charge >= 0.3 is 0 Å². The van der Waals surface area contributed by atoms with E-state index in [0.29, 0.717) is 17.5 Å². The van der Waals surface area contributed by atoms with Crippen molar-refractivity contribution in [3.63, 3.8) is 0 Å². The van der Waals surface area contributed by atoms with Gasteiger partial charge in [-0.25, -0.2) is 12.7 Å².